The van der Waals surface area contributed by atoms with E-state index in [0.29, 0.717) is 30.1 Å². The number of carbonyl (C=O) groups excluding carboxylic acids is 1. The highest BCUT2D eigenvalue weighted by Crippen LogP contribution is 2.36. The van der Waals surface area contributed by atoms with Gasteiger partial charge in [0.25, 0.3) is 0 Å². The summed E-state index contributed by atoms with van der Waals surface area (Å²) in [5.74, 6) is -0.290. The predicted molar refractivity (Wildman–Crippen MR) is 97.2 cm³/mol. The van der Waals surface area contributed by atoms with E-state index in [2.05, 4.69) is 0 Å². The quantitative estimate of drug-likeness (QED) is 0.676. The lowest BCUT2D eigenvalue weighted by Gasteiger charge is -2.32. The van der Waals surface area contributed by atoms with Crippen molar-refractivity contribution in [2.75, 3.05) is 6.54 Å². The van der Waals surface area contributed by atoms with Crippen LogP contribution in [-0.2, 0) is 17.7 Å². The fourth-order valence-electron chi connectivity index (χ4n) is 3.05. The fraction of sp³-hybridized carbons (Fsp3) is 0.350. The van der Waals surface area contributed by atoms with Crippen molar-refractivity contribution in [3.05, 3.63) is 58.4 Å². The van der Waals surface area contributed by atoms with Gasteiger partial charge >= 0.3 is 6.09 Å². The van der Waals surface area contributed by atoms with Gasteiger partial charge in [0.2, 0.25) is 0 Å². The number of hydrogen-bond donors (Lipinski definition) is 0. The van der Waals surface area contributed by atoms with Gasteiger partial charge in [0.05, 0.1) is 0 Å². The molecule has 0 bridgehead atoms. The average molecular weight is 362 g/mol. The summed E-state index contributed by atoms with van der Waals surface area (Å²) >= 11 is 6.35. The number of amides is 1. The molecule has 2 aromatic carbocycles. The maximum atomic E-state index is 14.3. The summed E-state index contributed by atoms with van der Waals surface area (Å²) in [6.45, 7) is 6.40. The maximum absolute atomic E-state index is 14.3. The van der Waals surface area contributed by atoms with Crippen LogP contribution in [0.5, 0.6) is 0 Å². The van der Waals surface area contributed by atoms with Crippen molar-refractivity contribution < 1.29 is 13.9 Å². The Bertz CT molecular complexity index is 814. The van der Waals surface area contributed by atoms with Gasteiger partial charge in [0.1, 0.15) is 11.4 Å². The molecule has 0 saturated heterocycles. The Morgan fingerprint density at radius 2 is 1.84 bits per heavy atom. The van der Waals surface area contributed by atoms with Crippen LogP contribution in [0.15, 0.2) is 36.4 Å². The molecule has 0 unspecified atom stereocenters. The maximum Gasteiger partial charge on any atom is 0.410 e. The van der Waals surface area contributed by atoms with Crippen molar-refractivity contribution >= 4 is 17.7 Å². The average Bonchev–Trinajstić information content (AvgIpc) is 2.54. The highest BCUT2D eigenvalue weighted by Gasteiger charge is 2.28. The van der Waals surface area contributed by atoms with E-state index in [1.807, 2.05) is 26.8 Å². The summed E-state index contributed by atoms with van der Waals surface area (Å²) in [7, 11) is 0. The Morgan fingerprint density at radius 3 is 2.52 bits per heavy atom. The molecule has 3 rings (SSSR count). The van der Waals surface area contributed by atoms with E-state index in [1.54, 1.807) is 29.2 Å². The lowest BCUT2D eigenvalue weighted by molar-refractivity contribution is 0.0224. The van der Waals surface area contributed by atoms with Crippen LogP contribution in [0.4, 0.5) is 9.18 Å². The van der Waals surface area contributed by atoms with Crippen LogP contribution in [0.3, 0.4) is 0 Å². The van der Waals surface area contributed by atoms with E-state index in [-0.39, 0.29) is 11.9 Å². The standard InChI is InChI=1S/C20H21ClFNO2/c1-20(2,3)25-19(24)23-11-10-14-16(12-23)13(8-9-17(14)21)15-6-4-5-7-18(15)22/h4-9H,10-12H2,1-3H3. The Labute approximate surface area is 152 Å². The van der Waals surface area contributed by atoms with Crippen molar-refractivity contribution in [2.45, 2.75) is 39.3 Å². The van der Waals surface area contributed by atoms with Gasteiger partial charge in [-0.1, -0.05) is 35.9 Å². The molecule has 1 aliphatic rings. The lowest BCUT2D eigenvalue weighted by atomic mass is 9.91. The minimum Gasteiger partial charge on any atom is -0.444 e. The first-order valence-corrected chi connectivity index (χ1v) is 8.67. The molecule has 2 aromatic rings. The van der Waals surface area contributed by atoms with Gasteiger partial charge in [0, 0.05) is 23.7 Å². The molecule has 0 aliphatic carbocycles. The summed E-state index contributed by atoms with van der Waals surface area (Å²) in [4.78, 5) is 14.1. The number of benzene rings is 2. The summed E-state index contributed by atoms with van der Waals surface area (Å²) in [5.41, 5.74) is 2.59. The molecule has 0 radical (unpaired) electrons. The Balaban J connectivity index is 1.99. The second-order valence-corrected chi connectivity index (χ2v) is 7.59. The minimum atomic E-state index is -0.555. The second kappa shape index (κ2) is 6.68. The van der Waals surface area contributed by atoms with Gasteiger partial charge in [-0.25, -0.2) is 9.18 Å². The summed E-state index contributed by atoms with van der Waals surface area (Å²) in [6.07, 6.45) is 0.257. The van der Waals surface area contributed by atoms with E-state index in [9.17, 15) is 9.18 Å². The fourth-order valence-corrected chi connectivity index (χ4v) is 3.32. The number of halogens is 2. The van der Waals surface area contributed by atoms with Gasteiger partial charge in [-0.2, -0.15) is 0 Å². The molecule has 1 amide bonds. The molecule has 0 aromatic heterocycles. The van der Waals surface area contributed by atoms with Crippen LogP contribution in [0, 0.1) is 5.82 Å². The summed E-state index contributed by atoms with van der Waals surface area (Å²) in [5, 5.41) is 0.652. The molecule has 3 nitrogen and oxygen atoms in total. The van der Waals surface area contributed by atoms with E-state index >= 15 is 0 Å². The molecule has 0 spiro atoms. The zero-order valence-electron chi connectivity index (χ0n) is 14.6. The third-order valence-corrected chi connectivity index (χ3v) is 4.52. The van der Waals surface area contributed by atoms with Crippen molar-refractivity contribution in [1.82, 2.24) is 4.90 Å². The van der Waals surface area contributed by atoms with Crippen molar-refractivity contribution in [2.24, 2.45) is 0 Å². The molecule has 0 fully saturated rings. The largest absolute Gasteiger partial charge is 0.444 e. The highest BCUT2D eigenvalue weighted by molar-refractivity contribution is 6.31. The van der Waals surface area contributed by atoms with Gasteiger partial charge in [-0.15, -0.1) is 0 Å². The van der Waals surface area contributed by atoms with Crippen LogP contribution < -0.4 is 0 Å². The van der Waals surface area contributed by atoms with Crippen LogP contribution in [0.25, 0.3) is 11.1 Å². The number of ether oxygens (including phenoxy) is 1. The molecule has 132 valence electrons. The molecule has 1 heterocycles. The number of nitrogens with zero attached hydrogens (tertiary/aromatic N) is 1. The molecule has 1 aliphatic heterocycles. The number of hydrogen-bond acceptors (Lipinski definition) is 2. The number of fused-ring (bicyclic) bond motifs is 1. The van der Waals surface area contributed by atoms with Gasteiger partial charge < -0.3 is 9.64 Å². The Kier molecular flexibility index (Phi) is 4.74. The zero-order chi connectivity index (χ0) is 18.2. The van der Waals surface area contributed by atoms with Crippen molar-refractivity contribution in [3.63, 3.8) is 0 Å². The smallest absolute Gasteiger partial charge is 0.410 e. The van der Waals surface area contributed by atoms with Crippen LogP contribution >= 0.6 is 11.6 Å². The first-order valence-electron chi connectivity index (χ1n) is 8.29. The topological polar surface area (TPSA) is 29.5 Å². The van der Waals surface area contributed by atoms with Crippen LogP contribution in [-0.4, -0.2) is 23.1 Å². The Hall–Kier alpha value is -2.07. The first-order chi connectivity index (χ1) is 11.8. The normalized spacial score (nSPS) is 14.2. The minimum absolute atomic E-state index is 0.290. The van der Waals surface area contributed by atoms with Gasteiger partial charge in [0.15, 0.2) is 0 Å². The Morgan fingerprint density at radius 1 is 1.12 bits per heavy atom. The van der Waals surface area contributed by atoms with E-state index in [0.717, 1.165) is 16.7 Å². The molecular formula is C20H21ClFNO2. The van der Waals surface area contributed by atoms with E-state index < -0.39 is 5.60 Å². The third kappa shape index (κ3) is 3.79. The molecule has 0 atom stereocenters. The van der Waals surface area contributed by atoms with Crippen molar-refractivity contribution in [1.29, 1.82) is 0 Å². The molecule has 0 saturated carbocycles. The number of carbonyl (C=O) groups is 1. The first kappa shape index (κ1) is 17.7. The third-order valence-electron chi connectivity index (χ3n) is 4.17. The molecule has 0 N–H and O–H groups in total. The molecule has 5 heteroatoms. The molecular weight excluding hydrogens is 341 g/mol. The molecule has 25 heavy (non-hydrogen) atoms. The summed E-state index contributed by atoms with van der Waals surface area (Å²) < 4.78 is 19.8. The highest BCUT2D eigenvalue weighted by atomic mass is 35.5. The monoisotopic (exact) mass is 361 g/mol. The van der Waals surface area contributed by atoms with Crippen LogP contribution in [0.2, 0.25) is 5.02 Å². The van der Waals surface area contributed by atoms with Gasteiger partial charge in [-0.3, -0.25) is 0 Å². The SMILES string of the molecule is CC(C)(C)OC(=O)N1CCc2c(Cl)ccc(-c3ccccc3F)c2C1. The zero-order valence-corrected chi connectivity index (χ0v) is 15.4. The van der Waals surface area contributed by atoms with Crippen LogP contribution in [0.1, 0.15) is 31.9 Å². The van der Waals surface area contributed by atoms with Crippen molar-refractivity contribution in [3.8, 4) is 11.1 Å². The number of rotatable bonds is 1. The van der Waals surface area contributed by atoms with Gasteiger partial charge in [-0.05, 0) is 56.0 Å². The summed E-state index contributed by atoms with van der Waals surface area (Å²) in [6, 6.07) is 10.3. The second-order valence-electron chi connectivity index (χ2n) is 7.18. The predicted octanol–water partition coefficient (Wildman–Crippen LogP) is 5.44. The lowest BCUT2D eigenvalue weighted by Crippen LogP contribution is -2.40. The van der Waals surface area contributed by atoms with E-state index in [1.165, 1.54) is 6.07 Å². The van der Waals surface area contributed by atoms with E-state index in [4.69, 9.17) is 16.3 Å².